The monoisotopic (exact) mass is 354 g/mol. The lowest BCUT2D eigenvalue weighted by atomic mass is 10.0. The molecule has 0 saturated heterocycles. The van der Waals surface area contributed by atoms with Gasteiger partial charge in [0.25, 0.3) is 0 Å². The van der Waals surface area contributed by atoms with Gasteiger partial charge in [-0.25, -0.2) is 0 Å². The van der Waals surface area contributed by atoms with E-state index >= 15 is 0 Å². The second-order valence-electron chi connectivity index (χ2n) is 6.18. The molecular weight excluding hydrogens is 316 g/mol. The van der Waals surface area contributed by atoms with Gasteiger partial charge in [0.1, 0.15) is 0 Å². The van der Waals surface area contributed by atoms with E-state index in [0.717, 1.165) is 38.6 Å². The minimum absolute atomic E-state index is 0.381. The third-order valence-electron chi connectivity index (χ3n) is 3.86. The van der Waals surface area contributed by atoms with Crippen LogP contribution in [0.15, 0.2) is 30.3 Å². The van der Waals surface area contributed by atoms with Crippen molar-refractivity contribution >= 4 is 5.96 Å². The fourth-order valence-corrected chi connectivity index (χ4v) is 2.51. The zero-order chi connectivity index (χ0) is 18.9. The third-order valence-corrected chi connectivity index (χ3v) is 3.86. The number of nitrogens with one attached hydrogen (secondary N) is 2. The lowest BCUT2D eigenvalue weighted by Gasteiger charge is -2.33. The Bertz CT molecular complexity index is 362. The first kappa shape index (κ1) is 23.6. The van der Waals surface area contributed by atoms with Crippen LogP contribution in [0.1, 0.15) is 20.3 Å². The van der Waals surface area contributed by atoms with Crippen molar-refractivity contribution in [3.63, 3.8) is 0 Å². The van der Waals surface area contributed by atoms with E-state index < -0.39 is 0 Å². The van der Waals surface area contributed by atoms with E-state index in [1.54, 1.807) is 14.2 Å². The van der Waals surface area contributed by atoms with Gasteiger partial charge < -0.3 is 20.1 Å². The molecule has 0 aliphatic carbocycles. The van der Waals surface area contributed by atoms with Crippen LogP contribution in [-0.2, 0) is 9.47 Å². The largest absolute Gasteiger partial charge is 0.382 e. The predicted molar refractivity (Wildman–Crippen MR) is 107 cm³/mol. The van der Waals surface area contributed by atoms with Crippen molar-refractivity contribution in [3.05, 3.63) is 25.3 Å². The molecule has 0 spiro atoms. The molecule has 0 aromatic heterocycles. The molecule has 0 rings (SSSR count). The standard InChI is InChI=1S/C19H38N4O2/c1-7-11-23(12-8-2)18(17(3)4)16-22-19(20-5)21-10-9-13-25-15-14-24-6/h7-8,17-18H,1-2,9-16H2,3-6H3,(H2,20,21,22). The van der Waals surface area contributed by atoms with Crippen LogP contribution in [0.3, 0.4) is 0 Å². The summed E-state index contributed by atoms with van der Waals surface area (Å²) in [7, 11) is 3.47. The zero-order valence-corrected chi connectivity index (χ0v) is 16.6. The van der Waals surface area contributed by atoms with Gasteiger partial charge in [0.2, 0.25) is 0 Å². The molecule has 1 atom stereocenters. The molecule has 146 valence electrons. The Hall–Kier alpha value is -1.37. The van der Waals surface area contributed by atoms with Gasteiger partial charge in [-0.3, -0.25) is 9.89 Å². The van der Waals surface area contributed by atoms with E-state index in [0.29, 0.717) is 31.8 Å². The molecular formula is C19H38N4O2. The molecule has 6 heteroatoms. The first-order valence-electron chi connectivity index (χ1n) is 9.07. The Kier molecular flexibility index (Phi) is 15.2. The molecule has 6 nitrogen and oxygen atoms in total. The summed E-state index contributed by atoms with van der Waals surface area (Å²) in [6.45, 7) is 17.5. The van der Waals surface area contributed by atoms with E-state index in [-0.39, 0.29) is 0 Å². The molecule has 25 heavy (non-hydrogen) atoms. The van der Waals surface area contributed by atoms with Crippen LogP contribution in [0.2, 0.25) is 0 Å². The molecule has 0 fully saturated rings. The number of methoxy groups -OCH3 is 1. The quantitative estimate of drug-likeness (QED) is 0.204. The van der Waals surface area contributed by atoms with Crippen molar-refractivity contribution < 1.29 is 9.47 Å². The smallest absolute Gasteiger partial charge is 0.191 e. The zero-order valence-electron chi connectivity index (χ0n) is 16.6. The summed E-state index contributed by atoms with van der Waals surface area (Å²) in [6.07, 6.45) is 4.81. The number of ether oxygens (including phenoxy) is 2. The normalized spacial score (nSPS) is 13.1. The van der Waals surface area contributed by atoms with E-state index in [1.165, 1.54) is 0 Å². The number of rotatable bonds is 15. The van der Waals surface area contributed by atoms with E-state index in [2.05, 4.69) is 47.5 Å². The van der Waals surface area contributed by atoms with E-state index in [4.69, 9.17) is 9.47 Å². The first-order valence-corrected chi connectivity index (χ1v) is 9.07. The van der Waals surface area contributed by atoms with Gasteiger partial charge in [-0.2, -0.15) is 0 Å². The molecule has 0 radical (unpaired) electrons. The lowest BCUT2D eigenvalue weighted by Crippen LogP contribution is -2.49. The average molecular weight is 355 g/mol. The van der Waals surface area contributed by atoms with Gasteiger partial charge in [-0.05, 0) is 12.3 Å². The highest BCUT2D eigenvalue weighted by Crippen LogP contribution is 2.10. The van der Waals surface area contributed by atoms with Gasteiger partial charge in [0, 0.05) is 53.0 Å². The SMILES string of the molecule is C=CCN(CC=C)C(CNC(=NC)NCCCOCCOC)C(C)C. The van der Waals surface area contributed by atoms with Crippen molar-refractivity contribution in [2.75, 3.05) is 60.2 Å². The van der Waals surface area contributed by atoms with Crippen molar-refractivity contribution in [2.24, 2.45) is 10.9 Å². The van der Waals surface area contributed by atoms with Crippen LogP contribution in [0, 0.1) is 5.92 Å². The van der Waals surface area contributed by atoms with E-state index in [1.807, 2.05) is 12.2 Å². The van der Waals surface area contributed by atoms with Crippen molar-refractivity contribution in [2.45, 2.75) is 26.3 Å². The summed E-state index contributed by atoms with van der Waals surface area (Å²) >= 11 is 0. The Morgan fingerprint density at radius 3 is 2.32 bits per heavy atom. The van der Waals surface area contributed by atoms with Crippen LogP contribution in [0.25, 0.3) is 0 Å². The molecule has 0 amide bonds. The summed E-state index contributed by atoms with van der Waals surface area (Å²) in [5.74, 6) is 1.33. The number of hydrogen-bond acceptors (Lipinski definition) is 4. The highest BCUT2D eigenvalue weighted by molar-refractivity contribution is 5.79. The lowest BCUT2D eigenvalue weighted by molar-refractivity contribution is 0.0698. The Morgan fingerprint density at radius 1 is 1.12 bits per heavy atom. The average Bonchev–Trinajstić information content (AvgIpc) is 2.59. The molecule has 0 aliphatic heterocycles. The van der Waals surface area contributed by atoms with Crippen LogP contribution in [0.5, 0.6) is 0 Å². The van der Waals surface area contributed by atoms with E-state index in [9.17, 15) is 0 Å². The minimum atomic E-state index is 0.381. The predicted octanol–water partition coefficient (Wildman–Crippen LogP) is 1.90. The molecule has 0 saturated carbocycles. The molecule has 0 aromatic rings. The Morgan fingerprint density at radius 2 is 1.80 bits per heavy atom. The number of guanidine groups is 1. The van der Waals surface area contributed by atoms with Gasteiger partial charge in [-0.1, -0.05) is 26.0 Å². The van der Waals surface area contributed by atoms with Crippen LogP contribution < -0.4 is 10.6 Å². The summed E-state index contributed by atoms with van der Waals surface area (Å²) in [5.41, 5.74) is 0. The summed E-state index contributed by atoms with van der Waals surface area (Å²) in [4.78, 5) is 6.66. The third kappa shape index (κ3) is 11.8. The van der Waals surface area contributed by atoms with Gasteiger partial charge >= 0.3 is 0 Å². The maximum atomic E-state index is 5.45. The van der Waals surface area contributed by atoms with Gasteiger partial charge in [-0.15, -0.1) is 13.2 Å². The topological polar surface area (TPSA) is 58.1 Å². The molecule has 0 heterocycles. The second-order valence-corrected chi connectivity index (χ2v) is 6.18. The maximum Gasteiger partial charge on any atom is 0.191 e. The van der Waals surface area contributed by atoms with Crippen molar-refractivity contribution in [1.82, 2.24) is 15.5 Å². The number of aliphatic imine (C=N–C) groups is 1. The fraction of sp³-hybridized carbons (Fsp3) is 0.737. The Labute approximate surface area is 154 Å². The molecule has 0 aromatic carbocycles. The minimum Gasteiger partial charge on any atom is -0.382 e. The van der Waals surface area contributed by atoms with Crippen LogP contribution in [0.4, 0.5) is 0 Å². The highest BCUT2D eigenvalue weighted by atomic mass is 16.5. The Balaban J connectivity index is 4.26. The number of nitrogens with zero attached hydrogens (tertiary/aromatic N) is 2. The maximum absolute atomic E-state index is 5.45. The highest BCUT2D eigenvalue weighted by Gasteiger charge is 2.20. The second kappa shape index (κ2) is 16.1. The summed E-state index contributed by atoms with van der Waals surface area (Å²) in [5, 5.41) is 6.75. The number of hydrogen-bond donors (Lipinski definition) is 2. The molecule has 2 N–H and O–H groups in total. The van der Waals surface area contributed by atoms with Crippen LogP contribution >= 0.6 is 0 Å². The summed E-state index contributed by atoms with van der Waals surface area (Å²) < 4.78 is 10.4. The first-order chi connectivity index (χ1) is 12.1. The van der Waals surface area contributed by atoms with Gasteiger partial charge in [0.15, 0.2) is 5.96 Å². The molecule has 1 unspecified atom stereocenters. The van der Waals surface area contributed by atoms with Crippen LogP contribution in [-0.4, -0.2) is 77.1 Å². The van der Waals surface area contributed by atoms with Crippen molar-refractivity contribution in [3.8, 4) is 0 Å². The van der Waals surface area contributed by atoms with Gasteiger partial charge in [0.05, 0.1) is 13.2 Å². The molecule has 0 bridgehead atoms. The van der Waals surface area contributed by atoms with Crippen molar-refractivity contribution in [1.29, 1.82) is 0 Å². The fourth-order valence-electron chi connectivity index (χ4n) is 2.51. The summed E-state index contributed by atoms with van der Waals surface area (Å²) in [6, 6.07) is 0.381. The molecule has 0 aliphatic rings.